The quantitative estimate of drug-likeness (QED) is 0.215. The maximum atomic E-state index is 4.55. The molecule has 4 rings (SSSR count). The van der Waals surface area contributed by atoms with Gasteiger partial charge in [-0.25, -0.2) is 0 Å². The topological polar surface area (TPSA) is 19.0 Å². The van der Waals surface area contributed by atoms with Gasteiger partial charge in [0.05, 0.1) is 0 Å². The van der Waals surface area contributed by atoms with Crippen molar-refractivity contribution in [1.82, 2.24) is 4.57 Å². The molecule has 0 aliphatic rings. The van der Waals surface area contributed by atoms with Gasteiger partial charge in [0.15, 0.2) is 0 Å². The molecule has 0 aliphatic heterocycles. The molecule has 0 N–H and O–H groups in total. The Morgan fingerprint density at radius 1 is 0.966 bits per heavy atom. The number of benzene rings is 2. The van der Waals surface area contributed by atoms with Gasteiger partial charge in [-0.05, 0) is 23.9 Å². The van der Waals surface area contributed by atoms with Crippen molar-refractivity contribution in [3.63, 3.8) is 0 Å². The largest absolute Gasteiger partial charge is 4.00 e. The zero-order valence-electron chi connectivity index (χ0n) is 19.6. The van der Waals surface area contributed by atoms with Crippen LogP contribution in [0.15, 0.2) is 48.5 Å². The van der Waals surface area contributed by atoms with E-state index in [0.29, 0.717) is 0 Å². The zero-order valence-corrected chi connectivity index (χ0v) is 22.3. The van der Waals surface area contributed by atoms with Crippen molar-refractivity contribution in [2.75, 3.05) is 0 Å². The van der Waals surface area contributed by atoms with Crippen molar-refractivity contribution in [1.29, 1.82) is 0 Å². The Hall–Kier alpha value is -1.26. The number of nitrogens with zero attached hydrogens (tertiary/aromatic N) is 2. The first-order valence-corrected chi connectivity index (χ1v) is 12.2. The van der Waals surface area contributed by atoms with Gasteiger partial charge >= 0.3 is 21.7 Å². The molecule has 29 heavy (non-hydrogen) atoms. The molecule has 0 atom stereocenters. The second-order valence-corrected chi connectivity index (χ2v) is 10.9. The number of hydrogen-bond donors (Lipinski definition) is 0. The third kappa shape index (κ3) is 6.11. The predicted octanol–water partition coefficient (Wildman–Crippen LogP) is 7.55. The molecule has 4 aromatic rings. The van der Waals surface area contributed by atoms with Crippen LogP contribution in [0.5, 0.6) is 0 Å². The van der Waals surface area contributed by atoms with Crippen LogP contribution >= 0.6 is 0 Å². The molecule has 2 nitrogen and oxygen atoms in total. The van der Waals surface area contributed by atoms with E-state index in [1.807, 2.05) is 0 Å². The van der Waals surface area contributed by atoms with Crippen LogP contribution in [0.3, 0.4) is 0 Å². The summed E-state index contributed by atoms with van der Waals surface area (Å²) in [4.78, 5) is 4.55. The fourth-order valence-electron chi connectivity index (χ4n) is 3.80. The first-order chi connectivity index (χ1) is 12.2. The van der Waals surface area contributed by atoms with Crippen LogP contribution in [0.25, 0.3) is 37.6 Å². The first kappa shape index (κ1) is 27.7. The van der Waals surface area contributed by atoms with Crippen LogP contribution in [0, 0.1) is 21.8 Å². The number of hydrogen-bond acceptors (Lipinski definition) is 0. The van der Waals surface area contributed by atoms with Crippen LogP contribution in [-0.4, -0.2) is 19.1 Å². The minimum atomic E-state index is -0.671. The second-order valence-electron chi connectivity index (χ2n) is 8.47. The third-order valence-electron chi connectivity index (χ3n) is 4.57. The second kappa shape index (κ2) is 10.7. The van der Waals surface area contributed by atoms with Gasteiger partial charge in [-0.1, -0.05) is 72.0 Å². The van der Waals surface area contributed by atoms with Gasteiger partial charge < -0.3 is 24.4 Å². The van der Waals surface area contributed by atoms with Crippen LogP contribution in [0.1, 0.15) is 26.3 Å². The van der Waals surface area contributed by atoms with Crippen molar-refractivity contribution in [2.24, 2.45) is 7.05 Å². The summed E-state index contributed by atoms with van der Waals surface area (Å²) < 4.78 is 2.30. The van der Waals surface area contributed by atoms with Gasteiger partial charge in [-0.3, -0.25) is 0 Å². The number of aryl methyl sites for hydroxylation is 2. The van der Waals surface area contributed by atoms with Crippen molar-refractivity contribution in [3.05, 3.63) is 73.9 Å². The summed E-state index contributed by atoms with van der Waals surface area (Å²) in [6.07, 6.45) is 0. The molecule has 0 amide bonds. The van der Waals surface area contributed by atoms with Crippen molar-refractivity contribution < 1.29 is 21.7 Å². The first-order valence-electron chi connectivity index (χ1n) is 9.42. The van der Waals surface area contributed by atoms with E-state index in [9.17, 15) is 0 Å². The molecule has 1 aromatic heterocycles. The number of rotatable bonds is 1. The Morgan fingerprint density at radius 2 is 1.59 bits per heavy atom. The van der Waals surface area contributed by atoms with Gasteiger partial charge in [0.25, 0.3) is 0 Å². The molecule has 0 spiro atoms. The summed E-state index contributed by atoms with van der Waals surface area (Å²) >= 11 is 0. The van der Waals surface area contributed by atoms with E-state index < -0.39 is 8.96 Å². The average Bonchev–Trinajstić information content (AvgIpc) is 3.02. The van der Waals surface area contributed by atoms with E-state index in [2.05, 4.69) is 106 Å². The summed E-state index contributed by atoms with van der Waals surface area (Å²) in [6.45, 7) is 13.1. The Bertz CT molecular complexity index is 1050. The summed E-state index contributed by atoms with van der Waals surface area (Å²) in [6, 6.07) is 17.6. The molecule has 3 aromatic carbocycles. The molecule has 0 aliphatic carbocycles. The van der Waals surface area contributed by atoms with Crippen molar-refractivity contribution >= 4 is 41.5 Å². The zero-order chi connectivity index (χ0) is 19.1. The normalized spacial score (nSPS) is 10.9. The van der Waals surface area contributed by atoms with Crippen LogP contribution < -0.4 is 0 Å². The molecule has 0 fully saturated rings. The predicted molar refractivity (Wildman–Crippen MR) is 133 cm³/mol. The monoisotopic (exact) mass is 440 g/mol. The van der Waals surface area contributed by atoms with Crippen molar-refractivity contribution in [3.8, 4) is 0 Å². The van der Waals surface area contributed by atoms with E-state index in [1.54, 1.807) is 0 Å². The number of fused-ring (bicyclic) bond motifs is 5. The van der Waals surface area contributed by atoms with Crippen LogP contribution in [-0.2, 0) is 28.8 Å². The molecule has 1 heterocycles. The summed E-state index contributed by atoms with van der Waals surface area (Å²) in [5.41, 5.74) is 4.17. The molecule has 0 bridgehead atoms. The molecule has 0 saturated heterocycles. The summed E-state index contributed by atoms with van der Waals surface area (Å²) in [5, 5.41) is 5.46. The van der Waals surface area contributed by atoms with E-state index >= 15 is 0 Å². The number of aromatic nitrogens is 1. The van der Waals surface area contributed by atoms with Gasteiger partial charge in [-0.15, -0.1) is 40.6 Å². The van der Waals surface area contributed by atoms with E-state index in [4.69, 9.17) is 0 Å². The molecule has 0 radical (unpaired) electrons. The minimum absolute atomic E-state index is 0. The Labute approximate surface area is 194 Å². The smallest absolute Gasteiger partial charge is 0.663 e. The minimum Gasteiger partial charge on any atom is -0.663 e. The van der Waals surface area contributed by atoms with E-state index in [-0.39, 0.29) is 42.1 Å². The van der Waals surface area contributed by atoms with E-state index in [0.717, 1.165) is 0 Å². The fourth-order valence-corrected chi connectivity index (χ4v) is 5.35. The van der Waals surface area contributed by atoms with Crippen LogP contribution in [0.4, 0.5) is 0 Å². The molecule has 154 valence electrons. The Kier molecular flexibility index (Phi) is 10.2. The van der Waals surface area contributed by atoms with Gasteiger partial charge in [0, 0.05) is 12.6 Å². The van der Waals surface area contributed by atoms with Crippen LogP contribution in [0.2, 0.25) is 13.1 Å². The fraction of sp³-hybridized carbons (Fsp3) is 0.320. The van der Waals surface area contributed by atoms with Gasteiger partial charge in [0.2, 0.25) is 0 Å². The Morgan fingerprint density at radius 3 is 2.14 bits per heavy atom. The molecule has 0 saturated carbocycles. The molecular weight excluding hydrogens is 404 g/mol. The van der Waals surface area contributed by atoms with Crippen molar-refractivity contribution in [2.45, 2.75) is 46.3 Å². The summed E-state index contributed by atoms with van der Waals surface area (Å²) in [5.74, 6) is 0. The molecule has 0 unspecified atom stereocenters. The summed E-state index contributed by atoms with van der Waals surface area (Å²) in [7, 11) is 1.48. The van der Waals surface area contributed by atoms with E-state index in [1.165, 1.54) is 38.1 Å². The SMILES string of the molecule is C[SiH](C)[N-]C(C)(C)C.Cc1ccc2c(c1)c1c3ccccc3[cH-]c1n2C.[CH3-].[CH3-].[Ti+4]. The van der Waals surface area contributed by atoms with Gasteiger partial charge in [0.1, 0.15) is 0 Å². The molecule has 4 heteroatoms. The van der Waals surface area contributed by atoms with Gasteiger partial charge in [-0.2, -0.15) is 0 Å². The Balaban J connectivity index is 0.000000628. The maximum Gasteiger partial charge on any atom is 4.00 e. The standard InChI is InChI=1S/C17H14N.C6H16NSi.2CH3.Ti/c1-11-7-8-15-14(9-11)17-13-6-4-3-5-12(13)10-16(17)18(15)2;1-6(2,3)7-8(4)5;;;/h3-10H,1-2H3;8H,1-5H3;2*1H3;/q4*-1;+4. The maximum absolute atomic E-state index is 4.55. The molecular formula is C25H36N2SiTi. The average molecular weight is 441 g/mol. The third-order valence-corrected chi connectivity index (χ3v) is 5.86.